The maximum absolute atomic E-state index is 12.4. The molecule has 0 aliphatic carbocycles. The Labute approximate surface area is 159 Å². The lowest BCUT2D eigenvalue weighted by molar-refractivity contribution is -0.139. The van der Waals surface area contributed by atoms with Crippen LogP contribution in [0.15, 0.2) is 30.3 Å². The zero-order valence-electron chi connectivity index (χ0n) is 15.8. The Hall–Kier alpha value is -2.13. The summed E-state index contributed by atoms with van der Waals surface area (Å²) in [6.45, 7) is 4.95. The number of amides is 1. The van der Waals surface area contributed by atoms with E-state index in [1.54, 1.807) is 45.0 Å². The van der Waals surface area contributed by atoms with Crippen LogP contribution in [0.5, 0.6) is 0 Å². The van der Waals surface area contributed by atoms with Gasteiger partial charge < -0.3 is 20.3 Å². The number of aliphatic hydroxyl groups excluding tert-OH is 1. The molecule has 1 rings (SSSR count). The molecule has 1 amide bonds. The van der Waals surface area contributed by atoms with Gasteiger partial charge in [0.1, 0.15) is 11.6 Å². The molecule has 0 saturated carbocycles. The van der Waals surface area contributed by atoms with Gasteiger partial charge in [0.2, 0.25) is 0 Å². The molecule has 27 heavy (non-hydrogen) atoms. The van der Waals surface area contributed by atoms with Crippen molar-refractivity contribution in [2.45, 2.75) is 51.4 Å². The molecule has 0 aliphatic rings. The molecule has 1 aromatic carbocycles. The number of alkyl carbamates (subject to hydrolysis) is 1. The van der Waals surface area contributed by atoms with Crippen molar-refractivity contribution < 1.29 is 28.7 Å². The second-order valence-electron chi connectivity index (χ2n) is 7.26. The number of aliphatic hydroxyl groups is 1. The van der Waals surface area contributed by atoms with Crippen molar-refractivity contribution in [2.75, 3.05) is 11.5 Å². The van der Waals surface area contributed by atoms with E-state index in [1.807, 2.05) is 6.07 Å². The van der Waals surface area contributed by atoms with Crippen molar-refractivity contribution in [2.24, 2.45) is 0 Å². The molecule has 0 bridgehead atoms. The minimum Gasteiger partial charge on any atom is -0.480 e. The van der Waals surface area contributed by atoms with Gasteiger partial charge in [0.05, 0.1) is 6.10 Å². The summed E-state index contributed by atoms with van der Waals surface area (Å²) < 4.78 is 25.3. The Morgan fingerprint density at radius 1 is 1.19 bits per heavy atom. The Bertz CT molecular complexity index is 728. The van der Waals surface area contributed by atoms with E-state index in [4.69, 9.17) is 9.52 Å². The largest absolute Gasteiger partial charge is 0.480 e. The maximum atomic E-state index is 12.4. The predicted molar refractivity (Wildman–Crippen MR) is 102 cm³/mol. The molecule has 0 saturated heterocycles. The summed E-state index contributed by atoms with van der Waals surface area (Å²) in [7, 11) is -3.10. The number of aliphatic carboxylic acids is 1. The van der Waals surface area contributed by atoms with Gasteiger partial charge in [0.25, 0.3) is 0 Å². The molecule has 9 heteroatoms. The van der Waals surface area contributed by atoms with Crippen molar-refractivity contribution in [1.29, 1.82) is 4.78 Å². The summed E-state index contributed by atoms with van der Waals surface area (Å²) in [5.41, 5.74) is -0.105. The highest BCUT2D eigenvalue weighted by Crippen LogP contribution is 2.17. The first kappa shape index (κ1) is 22.9. The SMILES string of the molecule is CC(C)(C)OC(=O)NC(CCS(=N)(=O)CCC(O)c1ccccc1)C(=O)O. The first-order chi connectivity index (χ1) is 12.4. The van der Waals surface area contributed by atoms with Crippen LogP contribution in [0.25, 0.3) is 0 Å². The summed E-state index contributed by atoms with van der Waals surface area (Å²) in [6, 6.07) is 7.54. The summed E-state index contributed by atoms with van der Waals surface area (Å²) in [5.74, 6) is -1.57. The number of rotatable bonds is 9. The molecule has 0 spiro atoms. The number of hydrogen-bond acceptors (Lipinski definition) is 6. The topological polar surface area (TPSA) is 137 Å². The zero-order chi connectivity index (χ0) is 20.7. The van der Waals surface area contributed by atoms with Gasteiger partial charge in [-0.3, -0.25) is 4.78 Å². The minimum absolute atomic E-state index is 0.0676. The monoisotopic (exact) mass is 400 g/mol. The molecular formula is C18H28N2O6S. The number of benzene rings is 1. The van der Waals surface area contributed by atoms with Gasteiger partial charge in [0, 0.05) is 21.2 Å². The van der Waals surface area contributed by atoms with E-state index in [9.17, 15) is 24.0 Å². The van der Waals surface area contributed by atoms with Crippen molar-refractivity contribution >= 4 is 21.8 Å². The number of carbonyl (C=O) groups excluding carboxylic acids is 1. The van der Waals surface area contributed by atoms with Crippen molar-refractivity contribution in [3.05, 3.63) is 35.9 Å². The number of ether oxygens (including phenoxy) is 1. The zero-order valence-corrected chi connectivity index (χ0v) is 16.6. The first-order valence-electron chi connectivity index (χ1n) is 8.59. The van der Waals surface area contributed by atoms with E-state index in [0.29, 0.717) is 5.56 Å². The van der Waals surface area contributed by atoms with Crippen LogP contribution < -0.4 is 5.32 Å². The lowest BCUT2D eigenvalue weighted by Crippen LogP contribution is -2.44. The van der Waals surface area contributed by atoms with Gasteiger partial charge in [-0.05, 0) is 39.2 Å². The quantitative estimate of drug-likeness (QED) is 0.503. The van der Waals surface area contributed by atoms with E-state index in [0.717, 1.165) is 0 Å². The van der Waals surface area contributed by atoms with Crippen LogP contribution in [0.2, 0.25) is 0 Å². The molecule has 0 aliphatic heterocycles. The molecule has 3 unspecified atom stereocenters. The Morgan fingerprint density at radius 2 is 1.74 bits per heavy atom. The molecule has 0 radical (unpaired) electrons. The second-order valence-corrected chi connectivity index (χ2v) is 9.70. The lowest BCUT2D eigenvalue weighted by Gasteiger charge is -2.22. The summed E-state index contributed by atoms with van der Waals surface area (Å²) in [5, 5.41) is 21.5. The van der Waals surface area contributed by atoms with Crippen LogP contribution in [0.4, 0.5) is 4.79 Å². The van der Waals surface area contributed by atoms with Crippen LogP contribution in [-0.2, 0) is 19.3 Å². The highest BCUT2D eigenvalue weighted by atomic mass is 32.2. The van der Waals surface area contributed by atoms with Gasteiger partial charge in [-0.25, -0.2) is 13.8 Å². The van der Waals surface area contributed by atoms with E-state index >= 15 is 0 Å². The Kier molecular flexibility index (Phi) is 8.23. The normalized spacial score (nSPS) is 16.0. The predicted octanol–water partition coefficient (Wildman–Crippen LogP) is 2.52. The average molecular weight is 400 g/mol. The Balaban J connectivity index is 2.56. The van der Waals surface area contributed by atoms with Gasteiger partial charge in [-0.15, -0.1) is 0 Å². The number of carboxylic acid groups (broad SMARTS) is 1. The van der Waals surface area contributed by atoms with Crippen LogP contribution in [0.3, 0.4) is 0 Å². The lowest BCUT2D eigenvalue weighted by atomic mass is 10.1. The minimum atomic E-state index is -3.10. The van der Waals surface area contributed by atoms with Gasteiger partial charge in [-0.1, -0.05) is 30.3 Å². The van der Waals surface area contributed by atoms with Gasteiger partial charge in [0.15, 0.2) is 0 Å². The fourth-order valence-corrected chi connectivity index (χ4v) is 3.69. The fourth-order valence-electron chi connectivity index (χ4n) is 2.26. The second kappa shape index (κ2) is 9.70. The van der Waals surface area contributed by atoms with Crippen LogP contribution in [-0.4, -0.2) is 49.6 Å². The van der Waals surface area contributed by atoms with Crippen molar-refractivity contribution in [3.8, 4) is 0 Å². The van der Waals surface area contributed by atoms with Crippen molar-refractivity contribution in [1.82, 2.24) is 5.32 Å². The third kappa shape index (κ3) is 9.39. The highest BCUT2D eigenvalue weighted by molar-refractivity contribution is 7.92. The van der Waals surface area contributed by atoms with Crippen molar-refractivity contribution in [3.63, 3.8) is 0 Å². The standard InChI is InChI=1S/C18H28N2O6S/c1-18(2,3)26-17(24)20-14(16(22)23)9-11-27(19,25)12-10-15(21)13-7-5-4-6-8-13/h4-8,14-15,19,21H,9-12H2,1-3H3,(H,20,24)(H,22,23). The van der Waals surface area contributed by atoms with E-state index in [1.165, 1.54) is 0 Å². The van der Waals surface area contributed by atoms with E-state index in [-0.39, 0.29) is 24.3 Å². The average Bonchev–Trinajstić information content (AvgIpc) is 2.55. The molecule has 0 aromatic heterocycles. The van der Waals surface area contributed by atoms with E-state index in [2.05, 4.69) is 5.32 Å². The smallest absolute Gasteiger partial charge is 0.408 e. The maximum Gasteiger partial charge on any atom is 0.408 e. The molecular weight excluding hydrogens is 372 g/mol. The molecule has 0 heterocycles. The van der Waals surface area contributed by atoms with Crippen LogP contribution >= 0.6 is 0 Å². The number of carboxylic acids is 1. The third-order valence-corrected chi connectivity index (χ3v) is 5.42. The molecule has 1 aromatic rings. The van der Waals surface area contributed by atoms with Gasteiger partial charge >= 0.3 is 12.1 Å². The summed E-state index contributed by atoms with van der Waals surface area (Å²) >= 11 is 0. The molecule has 4 N–H and O–H groups in total. The number of carbonyl (C=O) groups is 2. The first-order valence-corrected chi connectivity index (χ1v) is 10.5. The Morgan fingerprint density at radius 3 is 2.26 bits per heavy atom. The summed E-state index contributed by atoms with van der Waals surface area (Å²) in [4.78, 5) is 23.0. The molecule has 8 nitrogen and oxygen atoms in total. The fraction of sp³-hybridized carbons (Fsp3) is 0.556. The van der Waals surface area contributed by atoms with Crippen LogP contribution in [0, 0.1) is 4.78 Å². The molecule has 0 fully saturated rings. The van der Waals surface area contributed by atoms with E-state index < -0.39 is 39.5 Å². The highest BCUT2D eigenvalue weighted by Gasteiger charge is 2.25. The third-order valence-electron chi connectivity index (χ3n) is 3.63. The number of nitrogens with one attached hydrogen (secondary N) is 2. The molecule has 152 valence electrons. The molecule has 3 atom stereocenters. The van der Waals surface area contributed by atoms with Gasteiger partial charge in [-0.2, -0.15) is 0 Å². The number of hydrogen-bond donors (Lipinski definition) is 4. The van der Waals surface area contributed by atoms with Crippen LogP contribution in [0.1, 0.15) is 45.3 Å². The summed E-state index contributed by atoms with van der Waals surface area (Å²) in [6.07, 6.45) is -1.76.